The molecule has 1 aliphatic heterocycles. The maximum absolute atomic E-state index is 12.9. The van der Waals surface area contributed by atoms with E-state index in [1.807, 2.05) is 33.0 Å². The van der Waals surface area contributed by atoms with Crippen molar-refractivity contribution in [2.24, 2.45) is 0 Å². The molecule has 2 aliphatic rings. The molecule has 1 aliphatic carbocycles. The molecular formula is C26H35N3O2. The number of ether oxygens (including phenoxy) is 1. The molecule has 0 unspecified atom stereocenters. The van der Waals surface area contributed by atoms with Crippen molar-refractivity contribution in [3.05, 3.63) is 59.8 Å². The van der Waals surface area contributed by atoms with Gasteiger partial charge in [-0.2, -0.15) is 0 Å². The van der Waals surface area contributed by atoms with Crippen molar-refractivity contribution in [3.8, 4) is 0 Å². The molecule has 166 valence electrons. The number of likely N-dealkylation sites (tertiary alicyclic amines) is 1. The molecule has 1 aromatic carbocycles. The molecule has 1 amide bonds. The standard InChI is InChI=1S/C26H35N3O2/c1-26(2,3)31-25(30)29(22-12-9-13-22)24-16-15-21(18-27-24)23-14-7-8-17-28(23)19-20-10-5-4-6-11-20/h4-6,10-11,15-16,18,22-23H,7-9,12-14,17,19H2,1-3H3/t23-/m0/s1. The Kier molecular flexibility index (Phi) is 6.61. The van der Waals surface area contributed by atoms with Crippen LogP contribution in [0.2, 0.25) is 0 Å². The summed E-state index contributed by atoms with van der Waals surface area (Å²) in [5.41, 5.74) is 2.07. The van der Waals surface area contributed by atoms with Crippen molar-refractivity contribution in [1.82, 2.24) is 9.88 Å². The van der Waals surface area contributed by atoms with Gasteiger partial charge in [0.25, 0.3) is 0 Å². The van der Waals surface area contributed by atoms with Gasteiger partial charge in [0.05, 0.1) is 0 Å². The minimum Gasteiger partial charge on any atom is -0.443 e. The van der Waals surface area contributed by atoms with Crippen LogP contribution in [-0.4, -0.2) is 34.2 Å². The summed E-state index contributed by atoms with van der Waals surface area (Å²) in [5.74, 6) is 0.702. The first-order chi connectivity index (χ1) is 14.9. The van der Waals surface area contributed by atoms with Crippen LogP contribution in [0, 0.1) is 0 Å². The van der Waals surface area contributed by atoms with E-state index in [0.29, 0.717) is 11.9 Å². The van der Waals surface area contributed by atoms with Gasteiger partial charge in [-0.1, -0.05) is 42.8 Å². The number of rotatable bonds is 5. The second-order valence-electron chi connectivity index (χ2n) is 9.85. The Balaban J connectivity index is 1.51. The van der Waals surface area contributed by atoms with Crippen LogP contribution in [0.3, 0.4) is 0 Å². The number of amides is 1. The number of piperidine rings is 1. The van der Waals surface area contributed by atoms with E-state index in [1.165, 1.54) is 24.0 Å². The van der Waals surface area contributed by atoms with E-state index < -0.39 is 5.60 Å². The molecule has 2 heterocycles. The predicted octanol–water partition coefficient (Wildman–Crippen LogP) is 6.10. The van der Waals surface area contributed by atoms with E-state index >= 15 is 0 Å². The van der Waals surface area contributed by atoms with Crippen molar-refractivity contribution in [1.29, 1.82) is 0 Å². The summed E-state index contributed by atoms with van der Waals surface area (Å²) in [4.78, 5) is 22.0. The summed E-state index contributed by atoms with van der Waals surface area (Å²) < 4.78 is 5.68. The average molecular weight is 422 g/mol. The van der Waals surface area contributed by atoms with E-state index in [2.05, 4.69) is 41.3 Å². The lowest BCUT2D eigenvalue weighted by Gasteiger charge is -2.38. The van der Waals surface area contributed by atoms with Gasteiger partial charge in [-0.05, 0) is 76.6 Å². The predicted molar refractivity (Wildman–Crippen MR) is 124 cm³/mol. The summed E-state index contributed by atoms with van der Waals surface area (Å²) in [6, 6.07) is 15.4. The molecule has 0 spiro atoms. The minimum atomic E-state index is -0.515. The van der Waals surface area contributed by atoms with Gasteiger partial charge in [-0.25, -0.2) is 9.78 Å². The summed E-state index contributed by atoms with van der Waals surface area (Å²) in [7, 11) is 0. The molecule has 2 aromatic rings. The molecule has 0 N–H and O–H groups in total. The summed E-state index contributed by atoms with van der Waals surface area (Å²) in [5, 5.41) is 0. The lowest BCUT2D eigenvalue weighted by molar-refractivity contribution is 0.0548. The molecule has 1 aromatic heterocycles. The molecule has 1 atom stereocenters. The molecular weight excluding hydrogens is 386 g/mol. The van der Waals surface area contributed by atoms with Crippen LogP contribution < -0.4 is 4.90 Å². The van der Waals surface area contributed by atoms with Crippen LogP contribution >= 0.6 is 0 Å². The number of aromatic nitrogens is 1. The molecule has 2 fully saturated rings. The normalized spacial score (nSPS) is 20.2. The number of hydrogen-bond acceptors (Lipinski definition) is 4. The molecule has 0 radical (unpaired) electrons. The van der Waals surface area contributed by atoms with Gasteiger partial charge in [-0.3, -0.25) is 9.80 Å². The fourth-order valence-electron chi connectivity index (χ4n) is 4.50. The molecule has 1 saturated heterocycles. The third-order valence-corrected chi connectivity index (χ3v) is 6.27. The van der Waals surface area contributed by atoms with Crippen molar-refractivity contribution >= 4 is 11.9 Å². The van der Waals surface area contributed by atoms with Crippen LogP contribution in [0.25, 0.3) is 0 Å². The number of hydrogen-bond donors (Lipinski definition) is 0. The second-order valence-corrected chi connectivity index (χ2v) is 9.85. The van der Waals surface area contributed by atoms with Crippen LogP contribution in [0.4, 0.5) is 10.6 Å². The maximum Gasteiger partial charge on any atom is 0.416 e. The zero-order chi connectivity index (χ0) is 21.8. The minimum absolute atomic E-state index is 0.192. The van der Waals surface area contributed by atoms with Gasteiger partial charge in [0, 0.05) is 24.8 Å². The number of pyridine rings is 1. The highest BCUT2D eigenvalue weighted by molar-refractivity contribution is 5.87. The van der Waals surface area contributed by atoms with Crippen molar-refractivity contribution in [2.45, 2.75) is 83.5 Å². The zero-order valence-corrected chi connectivity index (χ0v) is 19.1. The molecule has 5 nitrogen and oxygen atoms in total. The highest BCUT2D eigenvalue weighted by Gasteiger charge is 2.34. The van der Waals surface area contributed by atoms with Gasteiger partial charge in [0.1, 0.15) is 11.4 Å². The van der Waals surface area contributed by atoms with E-state index in [0.717, 1.165) is 38.8 Å². The first-order valence-corrected chi connectivity index (χ1v) is 11.7. The van der Waals surface area contributed by atoms with Crippen LogP contribution in [0.15, 0.2) is 48.7 Å². The van der Waals surface area contributed by atoms with Gasteiger partial charge >= 0.3 is 6.09 Å². The Labute approximate surface area is 186 Å². The lowest BCUT2D eigenvalue weighted by atomic mass is 9.91. The largest absolute Gasteiger partial charge is 0.443 e. The molecule has 31 heavy (non-hydrogen) atoms. The smallest absolute Gasteiger partial charge is 0.416 e. The summed E-state index contributed by atoms with van der Waals surface area (Å²) in [6.45, 7) is 7.78. The monoisotopic (exact) mass is 421 g/mol. The van der Waals surface area contributed by atoms with Crippen LogP contribution in [0.1, 0.15) is 76.5 Å². The van der Waals surface area contributed by atoms with Crippen LogP contribution in [-0.2, 0) is 11.3 Å². The van der Waals surface area contributed by atoms with E-state index in [1.54, 1.807) is 4.90 Å². The number of nitrogens with zero attached hydrogens (tertiary/aromatic N) is 3. The van der Waals surface area contributed by atoms with E-state index in [-0.39, 0.29) is 12.1 Å². The average Bonchev–Trinajstić information content (AvgIpc) is 2.71. The van der Waals surface area contributed by atoms with Gasteiger partial charge < -0.3 is 4.74 Å². The Morgan fingerprint density at radius 2 is 1.84 bits per heavy atom. The van der Waals surface area contributed by atoms with Crippen molar-refractivity contribution in [2.75, 3.05) is 11.4 Å². The van der Waals surface area contributed by atoms with Crippen LogP contribution in [0.5, 0.6) is 0 Å². The molecule has 0 bridgehead atoms. The highest BCUT2D eigenvalue weighted by atomic mass is 16.6. The topological polar surface area (TPSA) is 45.7 Å². The Morgan fingerprint density at radius 1 is 1.06 bits per heavy atom. The SMILES string of the molecule is CC(C)(C)OC(=O)N(c1ccc([C@@H]2CCCCN2Cc2ccccc2)cn1)C1CCC1. The maximum atomic E-state index is 12.9. The zero-order valence-electron chi connectivity index (χ0n) is 19.1. The number of carbonyl (C=O) groups excluding carboxylic acids is 1. The third-order valence-electron chi connectivity index (χ3n) is 6.27. The second kappa shape index (κ2) is 9.39. The fourth-order valence-corrected chi connectivity index (χ4v) is 4.50. The molecule has 1 saturated carbocycles. The van der Waals surface area contributed by atoms with Gasteiger partial charge in [0.2, 0.25) is 0 Å². The third kappa shape index (κ3) is 5.45. The first-order valence-electron chi connectivity index (χ1n) is 11.7. The number of carbonyl (C=O) groups is 1. The quantitative estimate of drug-likeness (QED) is 0.585. The number of benzene rings is 1. The first kappa shape index (κ1) is 21.8. The Morgan fingerprint density at radius 3 is 2.45 bits per heavy atom. The summed E-state index contributed by atoms with van der Waals surface area (Å²) >= 11 is 0. The Bertz CT molecular complexity index is 856. The fraction of sp³-hybridized carbons (Fsp3) is 0.538. The Hall–Kier alpha value is -2.40. The summed E-state index contributed by atoms with van der Waals surface area (Å²) in [6.07, 6.45) is 8.48. The van der Waals surface area contributed by atoms with E-state index in [9.17, 15) is 4.79 Å². The van der Waals surface area contributed by atoms with Crippen molar-refractivity contribution in [3.63, 3.8) is 0 Å². The van der Waals surface area contributed by atoms with Gasteiger partial charge in [-0.15, -0.1) is 0 Å². The van der Waals surface area contributed by atoms with E-state index in [4.69, 9.17) is 9.72 Å². The number of anilines is 1. The molecule has 5 heteroatoms. The molecule has 4 rings (SSSR count). The lowest BCUT2D eigenvalue weighted by Crippen LogP contribution is -2.47. The van der Waals surface area contributed by atoms with Crippen molar-refractivity contribution < 1.29 is 9.53 Å². The van der Waals surface area contributed by atoms with Gasteiger partial charge in [0.15, 0.2) is 0 Å². The highest BCUT2D eigenvalue weighted by Crippen LogP contribution is 2.34.